The Bertz CT molecular complexity index is 897. The maximum atomic E-state index is 12.5. The predicted octanol–water partition coefficient (Wildman–Crippen LogP) is 3.86. The van der Waals surface area contributed by atoms with Crippen LogP contribution in [0.25, 0.3) is 0 Å². The molecule has 1 aliphatic rings. The number of nitrogens with zero attached hydrogens (tertiary/aromatic N) is 3. The number of carbonyl (C=O) groups excluding carboxylic acids is 1. The molecule has 0 radical (unpaired) electrons. The van der Waals surface area contributed by atoms with Crippen molar-refractivity contribution in [2.24, 2.45) is 10.3 Å². The maximum Gasteiger partial charge on any atom is 0.283 e. The normalized spacial score (nSPS) is 13.8. The summed E-state index contributed by atoms with van der Waals surface area (Å²) in [5.74, 6) is 1.14. The van der Waals surface area contributed by atoms with E-state index in [0.717, 1.165) is 36.1 Å². The molecule has 30 heavy (non-hydrogen) atoms. The molecule has 1 amide bonds. The lowest BCUT2D eigenvalue weighted by molar-refractivity contribution is -0.136. The third-order valence-electron chi connectivity index (χ3n) is 4.54. The Hall–Kier alpha value is -3.35. The van der Waals surface area contributed by atoms with E-state index in [-0.39, 0.29) is 12.5 Å². The summed E-state index contributed by atoms with van der Waals surface area (Å²) in [6, 6.07) is 15.3. The van der Waals surface area contributed by atoms with Gasteiger partial charge in [-0.25, -0.2) is 5.01 Å². The van der Waals surface area contributed by atoms with Crippen molar-refractivity contribution in [2.45, 2.75) is 26.2 Å². The molecule has 7 nitrogen and oxygen atoms in total. The van der Waals surface area contributed by atoms with Crippen LogP contribution in [0.5, 0.6) is 11.5 Å². The van der Waals surface area contributed by atoms with Crippen LogP contribution in [-0.2, 0) is 9.63 Å². The fourth-order valence-electron chi connectivity index (χ4n) is 3.01. The summed E-state index contributed by atoms with van der Waals surface area (Å²) in [6.45, 7) is 3.06. The van der Waals surface area contributed by atoms with Crippen molar-refractivity contribution in [3.8, 4) is 11.5 Å². The number of hydrazone groups is 1. The molecule has 0 saturated carbocycles. The van der Waals surface area contributed by atoms with E-state index in [1.54, 1.807) is 13.3 Å². The van der Waals surface area contributed by atoms with Gasteiger partial charge in [0, 0.05) is 12.1 Å². The molecule has 3 rings (SSSR count). The summed E-state index contributed by atoms with van der Waals surface area (Å²) in [5, 5.41) is 9.85. The van der Waals surface area contributed by atoms with E-state index >= 15 is 0 Å². The Balaban J connectivity index is 1.64. The lowest BCUT2D eigenvalue weighted by atomic mass is 10.0. The zero-order valence-corrected chi connectivity index (χ0v) is 17.4. The van der Waals surface area contributed by atoms with E-state index in [2.05, 4.69) is 17.2 Å². The van der Waals surface area contributed by atoms with Crippen molar-refractivity contribution in [1.29, 1.82) is 0 Å². The Morgan fingerprint density at radius 2 is 2.03 bits per heavy atom. The quantitative estimate of drug-likeness (QED) is 0.466. The molecular formula is C23H27N3O4. The molecule has 0 bridgehead atoms. The lowest BCUT2D eigenvalue weighted by Gasteiger charge is -2.23. The topological polar surface area (TPSA) is 72.7 Å². The summed E-state index contributed by atoms with van der Waals surface area (Å²) in [6.07, 6.45) is 4.10. The van der Waals surface area contributed by atoms with Crippen LogP contribution in [0.2, 0.25) is 0 Å². The van der Waals surface area contributed by atoms with Crippen molar-refractivity contribution in [3.63, 3.8) is 0 Å². The Kier molecular flexibility index (Phi) is 7.83. The fraction of sp³-hybridized carbons (Fsp3) is 0.348. The molecule has 0 atom stereocenters. The Labute approximate surface area is 176 Å². The monoisotopic (exact) mass is 409 g/mol. The van der Waals surface area contributed by atoms with Crippen molar-refractivity contribution in [2.75, 3.05) is 26.9 Å². The number of benzene rings is 2. The van der Waals surface area contributed by atoms with Gasteiger partial charge in [-0.1, -0.05) is 42.4 Å². The van der Waals surface area contributed by atoms with E-state index in [4.69, 9.17) is 14.3 Å². The zero-order chi connectivity index (χ0) is 21.2. The van der Waals surface area contributed by atoms with Crippen LogP contribution in [0, 0.1) is 0 Å². The second kappa shape index (κ2) is 11.0. The number of carbonyl (C=O) groups is 1. The van der Waals surface area contributed by atoms with Crippen LogP contribution >= 0.6 is 0 Å². The van der Waals surface area contributed by atoms with Gasteiger partial charge in [0.2, 0.25) is 0 Å². The van der Waals surface area contributed by atoms with Crippen LogP contribution in [0.15, 0.2) is 58.8 Å². The second-order valence-electron chi connectivity index (χ2n) is 6.80. The average Bonchev–Trinajstić information content (AvgIpc) is 2.81. The van der Waals surface area contributed by atoms with E-state index in [0.29, 0.717) is 24.7 Å². The van der Waals surface area contributed by atoms with E-state index in [9.17, 15) is 4.79 Å². The largest absolute Gasteiger partial charge is 0.493 e. The first-order valence-electron chi connectivity index (χ1n) is 10.1. The highest BCUT2D eigenvalue weighted by atomic mass is 16.6. The number of rotatable bonds is 9. The first-order chi connectivity index (χ1) is 14.7. The van der Waals surface area contributed by atoms with Crippen molar-refractivity contribution in [1.82, 2.24) is 5.01 Å². The predicted molar refractivity (Wildman–Crippen MR) is 116 cm³/mol. The first-order valence-corrected chi connectivity index (χ1v) is 10.1. The zero-order valence-electron chi connectivity index (χ0n) is 17.4. The van der Waals surface area contributed by atoms with Gasteiger partial charge >= 0.3 is 0 Å². The number of oxime groups is 1. The van der Waals surface area contributed by atoms with Gasteiger partial charge in [0.1, 0.15) is 0 Å². The smallest absolute Gasteiger partial charge is 0.283 e. The molecule has 0 aromatic heterocycles. The summed E-state index contributed by atoms with van der Waals surface area (Å²) in [5.41, 5.74) is 2.66. The van der Waals surface area contributed by atoms with Crippen molar-refractivity contribution >= 4 is 17.8 Å². The highest BCUT2D eigenvalue weighted by Crippen LogP contribution is 2.29. The van der Waals surface area contributed by atoms with Gasteiger partial charge < -0.3 is 14.3 Å². The molecule has 0 N–H and O–H groups in total. The van der Waals surface area contributed by atoms with Crippen LogP contribution < -0.4 is 9.47 Å². The fourth-order valence-corrected chi connectivity index (χ4v) is 3.01. The molecule has 7 heteroatoms. The summed E-state index contributed by atoms with van der Waals surface area (Å²) in [4.78, 5) is 17.6. The first kappa shape index (κ1) is 21.4. The number of hydrogen-bond donors (Lipinski definition) is 0. The standard InChI is InChI=1S/C23H27N3O4/c1-3-14-29-22-15-19(11-12-21(22)28-2)20-10-7-13-26(25-20)23(27)17-30-24-16-18-8-5-4-6-9-18/h4-6,8-9,11-12,15-16H,3,7,10,13-14,17H2,1-2H3. The molecule has 1 aliphatic heterocycles. The van der Waals surface area contributed by atoms with Gasteiger partial charge in [-0.05, 0) is 43.0 Å². The Morgan fingerprint density at radius 1 is 1.20 bits per heavy atom. The molecule has 2 aromatic rings. The second-order valence-corrected chi connectivity index (χ2v) is 6.80. The van der Waals surface area contributed by atoms with E-state index in [1.807, 2.05) is 48.5 Å². The number of methoxy groups -OCH3 is 1. The summed E-state index contributed by atoms with van der Waals surface area (Å²) >= 11 is 0. The van der Waals surface area contributed by atoms with Crippen LogP contribution in [0.4, 0.5) is 0 Å². The lowest BCUT2D eigenvalue weighted by Crippen LogP contribution is -2.34. The highest BCUT2D eigenvalue weighted by Gasteiger charge is 2.20. The maximum absolute atomic E-state index is 12.5. The third kappa shape index (κ3) is 5.83. The number of amides is 1. The Morgan fingerprint density at radius 3 is 2.80 bits per heavy atom. The van der Waals surface area contributed by atoms with Crippen molar-refractivity contribution in [3.05, 3.63) is 59.7 Å². The van der Waals surface area contributed by atoms with Crippen LogP contribution in [0.1, 0.15) is 37.3 Å². The van der Waals surface area contributed by atoms with Crippen LogP contribution in [0.3, 0.4) is 0 Å². The average molecular weight is 409 g/mol. The molecule has 0 spiro atoms. The van der Waals surface area contributed by atoms with E-state index in [1.165, 1.54) is 5.01 Å². The molecule has 0 saturated heterocycles. The van der Waals surface area contributed by atoms with E-state index < -0.39 is 0 Å². The molecule has 0 aliphatic carbocycles. The number of ether oxygens (including phenoxy) is 2. The molecule has 158 valence electrons. The van der Waals surface area contributed by atoms with Gasteiger partial charge in [0.05, 0.1) is 25.6 Å². The van der Waals surface area contributed by atoms with Gasteiger partial charge in [0.15, 0.2) is 18.1 Å². The minimum Gasteiger partial charge on any atom is -0.493 e. The molecule has 2 aromatic carbocycles. The van der Waals surface area contributed by atoms with Crippen molar-refractivity contribution < 1.29 is 19.1 Å². The van der Waals surface area contributed by atoms with Crippen LogP contribution in [-0.4, -0.2) is 49.7 Å². The summed E-state index contributed by atoms with van der Waals surface area (Å²) < 4.78 is 11.2. The SMILES string of the molecule is CCCOc1cc(C2=NN(C(=O)CON=Cc3ccccc3)CCC2)ccc1OC. The molecule has 1 heterocycles. The van der Waals surface area contributed by atoms with Gasteiger partial charge in [-0.3, -0.25) is 4.79 Å². The molecule has 0 fully saturated rings. The van der Waals surface area contributed by atoms with Gasteiger partial charge in [-0.15, -0.1) is 0 Å². The minimum atomic E-state index is -0.228. The third-order valence-corrected chi connectivity index (χ3v) is 4.54. The minimum absolute atomic E-state index is 0.159. The highest BCUT2D eigenvalue weighted by molar-refractivity contribution is 6.02. The molecule has 0 unspecified atom stereocenters. The van der Waals surface area contributed by atoms with Gasteiger partial charge in [-0.2, -0.15) is 5.10 Å². The summed E-state index contributed by atoms with van der Waals surface area (Å²) in [7, 11) is 1.62. The number of hydrogen-bond acceptors (Lipinski definition) is 6. The molecular weight excluding hydrogens is 382 g/mol. The van der Waals surface area contributed by atoms with Gasteiger partial charge in [0.25, 0.3) is 5.91 Å².